The number of aromatic nitrogens is 2. The summed E-state index contributed by atoms with van der Waals surface area (Å²) in [7, 11) is 0. The van der Waals surface area contributed by atoms with E-state index < -0.39 is 4.92 Å². The van der Waals surface area contributed by atoms with Crippen LogP contribution >= 0.6 is 11.8 Å². The fourth-order valence-electron chi connectivity index (χ4n) is 2.36. The quantitative estimate of drug-likeness (QED) is 0.601. The molecule has 0 saturated carbocycles. The third kappa shape index (κ3) is 3.10. The number of nitro benzene ring substituents is 1. The SMILES string of the molecule is CCC(=O)N1N=C(c2cccc([N+](=O)[O-])c2)Sc2c1ncn2C(=O)CC. The molecule has 0 fully saturated rings. The van der Waals surface area contributed by atoms with Crippen LogP contribution < -0.4 is 5.01 Å². The van der Waals surface area contributed by atoms with Gasteiger partial charge < -0.3 is 0 Å². The van der Waals surface area contributed by atoms with Gasteiger partial charge in [-0.1, -0.05) is 26.0 Å². The molecule has 0 spiro atoms. The van der Waals surface area contributed by atoms with Crippen molar-refractivity contribution in [3.8, 4) is 0 Å². The third-order valence-electron chi connectivity index (χ3n) is 3.70. The highest BCUT2D eigenvalue weighted by Gasteiger charge is 2.31. The number of nitro groups is 1. The topological polar surface area (TPSA) is 111 Å². The number of imidazole rings is 1. The standard InChI is InChI=1S/C16H15N5O4S/c1-3-12(22)19-9-17-14-16(19)26-15(18-20(14)13(23)4-2)10-6-5-7-11(8-10)21(24)25/h5-9H,3-4H2,1-2H3. The van der Waals surface area contributed by atoms with E-state index >= 15 is 0 Å². The van der Waals surface area contributed by atoms with E-state index in [-0.39, 0.29) is 36.2 Å². The van der Waals surface area contributed by atoms with Crippen LogP contribution in [0, 0.1) is 10.1 Å². The van der Waals surface area contributed by atoms with Crippen molar-refractivity contribution in [3.05, 3.63) is 46.3 Å². The molecule has 1 aliphatic heterocycles. The number of non-ortho nitro benzene ring substituents is 1. The number of carbonyl (C=O) groups is 2. The smallest absolute Gasteiger partial charge is 0.270 e. The molecule has 0 bridgehead atoms. The maximum atomic E-state index is 12.3. The second kappa shape index (κ2) is 7.08. The Labute approximate surface area is 152 Å². The van der Waals surface area contributed by atoms with Crippen LogP contribution in [0.15, 0.2) is 40.7 Å². The Bertz CT molecular complexity index is 936. The van der Waals surface area contributed by atoms with Gasteiger partial charge in [0, 0.05) is 30.5 Å². The Hall–Kier alpha value is -3.01. The Morgan fingerprint density at radius 3 is 2.62 bits per heavy atom. The zero-order valence-corrected chi connectivity index (χ0v) is 14.9. The van der Waals surface area contributed by atoms with E-state index in [1.807, 2.05) is 0 Å². The second-order valence-corrected chi connectivity index (χ2v) is 6.34. The van der Waals surface area contributed by atoms with Crippen LogP contribution in [0.3, 0.4) is 0 Å². The van der Waals surface area contributed by atoms with Gasteiger partial charge in [-0.2, -0.15) is 10.1 Å². The number of hydrogen-bond donors (Lipinski definition) is 0. The number of rotatable bonds is 4. The molecule has 0 aliphatic carbocycles. The van der Waals surface area contributed by atoms with Gasteiger partial charge in [0.25, 0.3) is 5.69 Å². The van der Waals surface area contributed by atoms with E-state index in [1.165, 1.54) is 23.0 Å². The lowest BCUT2D eigenvalue weighted by molar-refractivity contribution is -0.384. The van der Waals surface area contributed by atoms with Crippen molar-refractivity contribution in [2.45, 2.75) is 31.7 Å². The fraction of sp³-hybridized carbons (Fsp3) is 0.250. The summed E-state index contributed by atoms with van der Waals surface area (Å²) < 4.78 is 1.38. The van der Waals surface area contributed by atoms with Crippen LogP contribution in [0.2, 0.25) is 0 Å². The lowest BCUT2D eigenvalue weighted by atomic mass is 10.2. The molecule has 1 aliphatic rings. The predicted octanol–water partition coefficient (Wildman–Crippen LogP) is 3.05. The number of hydrazone groups is 1. The summed E-state index contributed by atoms with van der Waals surface area (Å²) in [5, 5.41) is 17.3. The van der Waals surface area contributed by atoms with E-state index in [9.17, 15) is 19.7 Å². The molecule has 0 N–H and O–H groups in total. The van der Waals surface area contributed by atoms with Crippen molar-refractivity contribution >= 4 is 40.1 Å². The molecule has 1 amide bonds. The molecule has 9 nitrogen and oxygen atoms in total. The summed E-state index contributed by atoms with van der Waals surface area (Å²) in [6.45, 7) is 3.42. The maximum Gasteiger partial charge on any atom is 0.270 e. The van der Waals surface area contributed by atoms with Crippen LogP contribution in [0.1, 0.15) is 37.0 Å². The van der Waals surface area contributed by atoms with Crippen molar-refractivity contribution in [2.75, 3.05) is 5.01 Å². The van der Waals surface area contributed by atoms with Gasteiger partial charge in [-0.05, 0) is 11.8 Å². The lowest BCUT2D eigenvalue weighted by Gasteiger charge is -2.22. The van der Waals surface area contributed by atoms with Crippen molar-refractivity contribution in [2.24, 2.45) is 5.10 Å². The average Bonchev–Trinajstić information content (AvgIpc) is 3.10. The van der Waals surface area contributed by atoms with Crippen molar-refractivity contribution in [1.82, 2.24) is 9.55 Å². The average molecular weight is 373 g/mol. The van der Waals surface area contributed by atoms with Gasteiger partial charge in [0.2, 0.25) is 11.8 Å². The number of fused-ring (bicyclic) bond motifs is 1. The Morgan fingerprint density at radius 1 is 1.23 bits per heavy atom. The number of hydrogen-bond acceptors (Lipinski definition) is 7. The monoisotopic (exact) mass is 373 g/mol. The highest BCUT2D eigenvalue weighted by molar-refractivity contribution is 8.14. The van der Waals surface area contributed by atoms with Crippen LogP contribution in [0.25, 0.3) is 0 Å². The second-order valence-electron chi connectivity index (χ2n) is 5.36. The molecule has 2 heterocycles. The fourth-order valence-corrected chi connectivity index (χ4v) is 3.39. The van der Waals surface area contributed by atoms with Gasteiger partial charge in [-0.3, -0.25) is 24.3 Å². The first kappa shape index (κ1) is 17.8. The first-order chi connectivity index (χ1) is 12.5. The molecule has 2 aromatic rings. The van der Waals surface area contributed by atoms with E-state index in [4.69, 9.17) is 0 Å². The summed E-state index contributed by atoms with van der Waals surface area (Å²) in [6.07, 6.45) is 1.84. The number of benzene rings is 1. The van der Waals surface area contributed by atoms with Gasteiger partial charge in [-0.15, -0.1) is 0 Å². The minimum Gasteiger partial charge on any atom is -0.274 e. The van der Waals surface area contributed by atoms with E-state index in [1.54, 1.807) is 26.0 Å². The van der Waals surface area contributed by atoms with E-state index in [0.717, 1.165) is 16.8 Å². The van der Waals surface area contributed by atoms with E-state index in [0.29, 0.717) is 15.6 Å². The summed E-state index contributed by atoms with van der Waals surface area (Å²) in [5.74, 6) is -0.169. The number of carbonyl (C=O) groups excluding carboxylic acids is 2. The number of anilines is 1. The molecule has 1 aromatic heterocycles. The zero-order valence-electron chi connectivity index (χ0n) is 14.1. The molecule has 1 aromatic carbocycles. The number of nitrogens with zero attached hydrogens (tertiary/aromatic N) is 5. The highest BCUT2D eigenvalue weighted by atomic mass is 32.2. The molecule has 0 atom stereocenters. The first-order valence-electron chi connectivity index (χ1n) is 7.91. The maximum absolute atomic E-state index is 12.3. The lowest BCUT2D eigenvalue weighted by Crippen LogP contribution is -2.29. The number of amides is 1. The normalized spacial score (nSPS) is 13.2. The van der Waals surface area contributed by atoms with Crippen molar-refractivity contribution in [1.29, 1.82) is 0 Å². The van der Waals surface area contributed by atoms with Gasteiger partial charge >= 0.3 is 0 Å². The van der Waals surface area contributed by atoms with Crippen LogP contribution in [-0.2, 0) is 4.79 Å². The third-order valence-corrected chi connectivity index (χ3v) is 4.79. The van der Waals surface area contributed by atoms with Gasteiger partial charge in [0.15, 0.2) is 5.82 Å². The summed E-state index contributed by atoms with van der Waals surface area (Å²) in [6, 6.07) is 5.98. The molecular formula is C16H15N5O4S. The Kier molecular flexibility index (Phi) is 4.85. The zero-order chi connectivity index (χ0) is 18.8. The molecule has 0 saturated heterocycles. The summed E-state index contributed by atoms with van der Waals surface area (Å²) >= 11 is 1.15. The van der Waals surface area contributed by atoms with Crippen molar-refractivity contribution in [3.63, 3.8) is 0 Å². The minimum atomic E-state index is -0.497. The van der Waals surface area contributed by atoms with Gasteiger partial charge in [-0.25, -0.2) is 4.98 Å². The molecule has 134 valence electrons. The Balaban J connectivity index is 2.10. The van der Waals surface area contributed by atoms with Crippen LogP contribution in [-0.4, -0.2) is 31.3 Å². The van der Waals surface area contributed by atoms with Gasteiger partial charge in [0.1, 0.15) is 16.4 Å². The molecule has 26 heavy (non-hydrogen) atoms. The molecule has 0 unspecified atom stereocenters. The summed E-state index contributed by atoms with van der Waals surface area (Å²) in [5.41, 5.74) is 0.406. The predicted molar refractivity (Wildman–Crippen MR) is 96.4 cm³/mol. The largest absolute Gasteiger partial charge is 0.274 e. The summed E-state index contributed by atoms with van der Waals surface area (Å²) in [4.78, 5) is 39.1. The van der Waals surface area contributed by atoms with Gasteiger partial charge in [0.05, 0.1) is 4.92 Å². The highest BCUT2D eigenvalue weighted by Crippen LogP contribution is 2.37. The van der Waals surface area contributed by atoms with Crippen LogP contribution in [0.5, 0.6) is 0 Å². The number of thioether (sulfide) groups is 1. The first-order valence-corrected chi connectivity index (χ1v) is 8.72. The van der Waals surface area contributed by atoms with E-state index in [2.05, 4.69) is 10.1 Å². The minimum absolute atomic E-state index is 0.0805. The molecule has 0 radical (unpaired) electrons. The molecule has 3 rings (SSSR count). The van der Waals surface area contributed by atoms with Crippen molar-refractivity contribution < 1.29 is 14.5 Å². The van der Waals surface area contributed by atoms with Crippen LogP contribution in [0.4, 0.5) is 11.5 Å². The molecular weight excluding hydrogens is 358 g/mol. The molecule has 10 heteroatoms. The Morgan fingerprint density at radius 2 is 1.96 bits per heavy atom.